The zero-order valence-electron chi connectivity index (χ0n) is 18.2. The molecule has 0 bridgehead atoms. The molecule has 0 unspecified atom stereocenters. The number of carbonyl (C=O) groups is 2. The van der Waals surface area contributed by atoms with Gasteiger partial charge in [0.25, 0.3) is 0 Å². The fourth-order valence-corrected chi connectivity index (χ4v) is 3.35. The third-order valence-corrected chi connectivity index (χ3v) is 5.53. The summed E-state index contributed by atoms with van der Waals surface area (Å²) in [5.41, 5.74) is 1.31. The van der Waals surface area contributed by atoms with Crippen LogP contribution in [0.2, 0.25) is 0 Å². The van der Waals surface area contributed by atoms with Crippen molar-refractivity contribution in [1.82, 2.24) is 10.2 Å². The maximum atomic E-state index is 14.3. The molecule has 1 heterocycles. The molecular formula is C24H29FN2O4. The lowest BCUT2D eigenvalue weighted by Crippen LogP contribution is -2.49. The number of hydrogen-bond acceptors (Lipinski definition) is 4. The summed E-state index contributed by atoms with van der Waals surface area (Å²) in [5.74, 6) is 0.487. The highest BCUT2D eigenvalue weighted by Crippen LogP contribution is 2.32. The van der Waals surface area contributed by atoms with Crippen LogP contribution in [0.15, 0.2) is 42.5 Å². The second kappa shape index (κ2) is 10.3. The predicted octanol–water partition coefficient (Wildman–Crippen LogP) is 3.82. The van der Waals surface area contributed by atoms with Crippen LogP contribution in [-0.4, -0.2) is 35.6 Å². The topological polar surface area (TPSA) is 67.9 Å². The van der Waals surface area contributed by atoms with E-state index in [0.29, 0.717) is 23.5 Å². The van der Waals surface area contributed by atoms with Crippen LogP contribution in [0, 0.1) is 5.82 Å². The maximum Gasteiger partial charge on any atom is 0.242 e. The van der Waals surface area contributed by atoms with Crippen molar-refractivity contribution >= 4 is 11.8 Å². The summed E-state index contributed by atoms with van der Waals surface area (Å²) < 4.78 is 25.0. The van der Waals surface area contributed by atoms with Gasteiger partial charge in [-0.3, -0.25) is 9.59 Å². The normalized spacial score (nSPS) is 14.1. The number of nitrogens with zero attached hydrogens (tertiary/aromatic N) is 1. The molecule has 1 N–H and O–H groups in total. The molecule has 1 aliphatic heterocycles. The Balaban J connectivity index is 1.73. The third-order valence-electron chi connectivity index (χ3n) is 5.53. The SMILES string of the molecule is CC[C@H](C)NC(=O)[C@H](C)N(Cc1ccccc1F)C(=O)CCc1ccc2c(c1)OCO2. The van der Waals surface area contributed by atoms with Crippen molar-refractivity contribution in [3.63, 3.8) is 0 Å². The molecule has 1 aliphatic rings. The number of aryl methyl sites for hydroxylation is 1. The molecule has 0 aliphatic carbocycles. The van der Waals surface area contributed by atoms with E-state index in [2.05, 4.69) is 5.32 Å². The van der Waals surface area contributed by atoms with Crippen LogP contribution in [0.25, 0.3) is 0 Å². The Kier molecular flexibility index (Phi) is 7.50. The highest BCUT2D eigenvalue weighted by Gasteiger charge is 2.27. The predicted molar refractivity (Wildman–Crippen MR) is 115 cm³/mol. The highest BCUT2D eigenvalue weighted by atomic mass is 19.1. The van der Waals surface area contributed by atoms with E-state index in [-0.39, 0.29) is 37.6 Å². The Morgan fingerprint density at radius 3 is 2.61 bits per heavy atom. The molecule has 2 atom stereocenters. The number of halogens is 1. The minimum atomic E-state index is -0.724. The van der Waals surface area contributed by atoms with Gasteiger partial charge in [-0.05, 0) is 50.5 Å². The summed E-state index contributed by atoms with van der Waals surface area (Å²) in [4.78, 5) is 27.3. The van der Waals surface area contributed by atoms with E-state index in [1.807, 2.05) is 32.0 Å². The van der Waals surface area contributed by atoms with Crippen LogP contribution >= 0.6 is 0 Å². The van der Waals surface area contributed by atoms with Crippen molar-refractivity contribution in [3.05, 3.63) is 59.4 Å². The van der Waals surface area contributed by atoms with E-state index >= 15 is 0 Å². The van der Waals surface area contributed by atoms with E-state index in [1.165, 1.54) is 11.0 Å². The van der Waals surface area contributed by atoms with Gasteiger partial charge < -0.3 is 19.7 Å². The van der Waals surface area contributed by atoms with Gasteiger partial charge in [0, 0.05) is 24.6 Å². The van der Waals surface area contributed by atoms with Crippen LogP contribution in [0.5, 0.6) is 11.5 Å². The average Bonchev–Trinajstić information content (AvgIpc) is 3.24. The Morgan fingerprint density at radius 1 is 1.13 bits per heavy atom. The molecule has 6 nitrogen and oxygen atoms in total. The average molecular weight is 429 g/mol. The van der Waals surface area contributed by atoms with Crippen molar-refractivity contribution < 1.29 is 23.5 Å². The van der Waals surface area contributed by atoms with Crippen LogP contribution in [-0.2, 0) is 22.6 Å². The Morgan fingerprint density at radius 2 is 1.87 bits per heavy atom. The van der Waals surface area contributed by atoms with Crippen molar-refractivity contribution in [3.8, 4) is 11.5 Å². The lowest BCUT2D eigenvalue weighted by molar-refractivity contribution is -0.140. The third kappa shape index (κ3) is 5.75. The number of fused-ring (bicyclic) bond motifs is 1. The molecule has 31 heavy (non-hydrogen) atoms. The number of carbonyl (C=O) groups excluding carboxylic acids is 2. The van der Waals surface area contributed by atoms with Crippen LogP contribution in [0.3, 0.4) is 0 Å². The monoisotopic (exact) mass is 428 g/mol. The van der Waals surface area contributed by atoms with Gasteiger partial charge >= 0.3 is 0 Å². The van der Waals surface area contributed by atoms with E-state index in [1.54, 1.807) is 25.1 Å². The molecule has 7 heteroatoms. The van der Waals surface area contributed by atoms with E-state index in [9.17, 15) is 14.0 Å². The summed E-state index contributed by atoms with van der Waals surface area (Å²) in [6, 6.07) is 11.1. The number of hydrogen-bond donors (Lipinski definition) is 1. The van der Waals surface area contributed by atoms with Crippen molar-refractivity contribution in [2.75, 3.05) is 6.79 Å². The maximum absolute atomic E-state index is 14.3. The van der Waals surface area contributed by atoms with Gasteiger partial charge in [0.05, 0.1) is 0 Å². The number of nitrogens with one attached hydrogen (secondary N) is 1. The minimum absolute atomic E-state index is 0.00556. The molecule has 0 saturated heterocycles. The van der Waals surface area contributed by atoms with Gasteiger partial charge in [-0.2, -0.15) is 0 Å². The van der Waals surface area contributed by atoms with Gasteiger partial charge in [0.1, 0.15) is 11.9 Å². The zero-order valence-corrected chi connectivity index (χ0v) is 18.2. The number of benzene rings is 2. The Labute approximate surface area is 182 Å². The number of amides is 2. The molecule has 0 saturated carbocycles. The standard InChI is InChI=1S/C24H29FN2O4/c1-4-16(2)26-24(29)17(3)27(14-19-7-5-6-8-20(19)25)23(28)12-10-18-9-11-21-22(13-18)31-15-30-21/h5-9,11,13,16-17H,4,10,12,14-15H2,1-3H3,(H,26,29)/t16-,17-/m0/s1. The van der Waals surface area contributed by atoms with Gasteiger partial charge in [-0.1, -0.05) is 31.2 Å². The van der Waals surface area contributed by atoms with Gasteiger partial charge in [0.15, 0.2) is 11.5 Å². The highest BCUT2D eigenvalue weighted by molar-refractivity contribution is 5.87. The first kappa shape index (κ1) is 22.6. The van der Waals surface area contributed by atoms with Crippen LogP contribution in [0.4, 0.5) is 4.39 Å². The van der Waals surface area contributed by atoms with E-state index in [0.717, 1.165) is 12.0 Å². The van der Waals surface area contributed by atoms with E-state index < -0.39 is 11.9 Å². The van der Waals surface area contributed by atoms with Gasteiger partial charge in [-0.25, -0.2) is 4.39 Å². The first-order valence-electron chi connectivity index (χ1n) is 10.6. The lowest BCUT2D eigenvalue weighted by atomic mass is 10.1. The summed E-state index contributed by atoms with van der Waals surface area (Å²) in [5, 5.41) is 2.91. The molecule has 2 aromatic rings. The summed E-state index contributed by atoms with van der Waals surface area (Å²) in [7, 11) is 0. The largest absolute Gasteiger partial charge is 0.454 e. The lowest BCUT2D eigenvalue weighted by Gasteiger charge is -2.30. The fraction of sp³-hybridized carbons (Fsp3) is 0.417. The van der Waals surface area contributed by atoms with Crippen molar-refractivity contribution in [2.45, 2.75) is 58.7 Å². The van der Waals surface area contributed by atoms with E-state index in [4.69, 9.17) is 9.47 Å². The van der Waals surface area contributed by atoms with Crippen molar-refractivity contribution in [2.24, 2.45) is 0 Å². The summed E-state index contributed by atoms with van der Waals surface area (Å²) in [6.07, 6.45) is 1.45. The number of ether oxygens (including phenoxy) is 2. The van der Waals surface area contributed by atoms with Gasteiger partial charge in [0.2, 0.25) is 18.6 Å². The summed E-state index contributed by atoms with van der Waals surface area (Å²) >= 11 is 0. The Hall–Kier alpha value is -3.09. The first-order valence-corrected chi connectivity index (χ1v) is 10.6. The Bertz CT molecular complexity index is 934. The molecule has 2 aromatic carbocycles. The molecule has 0 aromatic heterocycles. The quantitative estimate of drug-likeness (QED) is 0.659. The first-order chi connectivity index (χ1) is 14.9. The molecule has 0 spiro atoms. The minimum Gasteiger partial charge on any atom is -0.454 e. The molecular weight excluding hydrogens is 399 g/mol. The molecule has 166 valence electrons. The molecule has 2 amide bonds. The van der Waals surface area contributed by atoms with Crippen LogP contribution < -0.4 is 14.8 Å². The number of rotatable bonds is 9. The van der Waals surface area contributed by atoms with Crippen LogP contribution in [0.1, 0.15) is 44.7 Å². The van der Waals surface area contributed by atoms with Gasteiger partial charge in [-0.15, -0.1) is 0 Å². The second-order valence-electron chi connectivity index (χ2n) is 7.79. The smallest absolute Gasteiger partial charge is 0.242 e. The fourth-order valence-electron chi connectivity index (χ4n) is 3.35. The zero-order chi connectivity index (χ0) is 22.4. The molecule has 0 radical (unpaired) electrons. The summed E-state index contributed by atoms with van der Waals surface area (Å²) in [6.45, 7) is 5.78. The molecule has 0 fully saturated rings. The van der Waals surface area contributed by atoms with Crippen molar-refractivity contribution in [1.29, 1.82) is 0 Å². The second-order valence-corrected chi connectivity index (χ2v) is 7.79. The molecule has 3 rings (SSSR count).